The van der Waals surface area contributed by atoms with Crippen LogP contribution in [0.15, 0.2) is 0 Å². The number of likely N-dealkylation sites (N-methyl/N-ethyl adjacent to an activating group) is 2. The molecule has 0 bridgehead atoms. The molecule has 126 valence electrons. The second-order valence-electron chi connectivity index (χ2n) is 6.08. The van der Waals surface area contributed by atoms with Crippen molar-refractivity contribution in [1.29, 1.82) is 0 Å². The lowest BCUT2D eigenvalue weighted by atomic mass is 10.1. The Labute approximate surface area is 131 Å². The fourth-order valence-corrected chi connectivity index (χ4v) is 2.70. The number of nitrogens with zero attached hydrogens (tertiary/aromatic N) is 2. The third kappa shape index (κ3) is 11.1. The third-order valence-electron chi connectivity index (χ3n) is 4.25. The fourth-order valence-electron chi connectivity index (χ4n) is 2.70. The standard InChI is InChI=1S/C17H36N2O2/c1-3-19-11-9-7-5-4-6-8-10-18(2)12-14-20-16-17-21-15-13-19/h3-17H2,1-2H3. The largest absolute Gasteiger partial charge is 0.378 e. The van der Waals surface area contributed by atoms with E-state index in [2.05, 4.69) is 23.8 Å². The van der Waals surface area contributed by atoms with Gasteiger partial charge in [-0.05, 0) is 39.5 Å². The van der Waals surface area contributed by atoms with E-state index in [1.807, 2.05) is 0 Å². The molecule has 0 aromatic heterocycles. The summed E-state index contributed by atoms with van der Waals surface area (Å²) in [6.07, 6.45) is 8.18. The van der Waals surface area contributed by atoms with Crippen molar-refractivity contribution in [1.82, 2.24) is 9.80 Å². The molecule has 0 N–H and O–H groups in total. The molecule has 1 aliphatic heterocycles. The van der Waals surface area contributed by atoms with Crippen molar-refractivity contribution in [3.8, 4) is 0 Å². The van der Waals surface area contributed by atoms with E-state index in [1.165, 1.54) is 51.6 Å². The van der Waals surface area contributed by atoms with Crippen molar-refractivity contribution in [2.75, 3.05) is 66.2 Å². The van der Waals surface area contributed by atoms with Crippen molar-refractivity contribution in [3.63, 3.8) is 0 Å². The number of rotatable bonds is 1. The summed E-state index contributed by atoms with van der Waals surface area (Å²) in [6, 6.07) is 0. The molecular formula is C17H36N2O2. The second kappa shape index (κ2) is 13.5. The molecule has 4 nitrogen and oxygen atoms in total. The fraction of sp³-hybridized carbons (Fsp3) is 1.00. The molecule has 0 radical (unpaired) electrons. The van der Waals surface area contributed by atoms with Crippen LogP contribution in [0.5, 0.6) is 0 Å². The van der Waals surface area contributed by atoms with Gasteiger partial charge in [0.15, 0.2) is 0 Å². The predicted octanol–water partition coefficient (Wildman–Crippen LogP) is 2.63. The van der Waals surface area contributed by atoms with Crippen molar-refractivity contribution in [2.45, 2.75) is 45.4 Å². The van der Waals surface area contributed by atoms with Crippen LogP contribution in [0.1, 0.15) is 45.4 Å². The Morgan fingerprint density at radius 1 is 0.667 bits per heavy atom. The van der Waals surface area contributed by atoms with Crippen molar-refractivity contribution < 1.29 is 9.47 Å². The minimum Gasteiger partial charge on any atom is -0.378 e. The van der Waals surface area contributed by atoms with E-state index >= 15 is 0 Å². The van der Waals surface area contributed by atoms with E-state index < -0.39 is 0 Å². The van der Waals surface area contributed by atoms with Crippen LogP contribution in [-0.4, -0.2) is 76.0 Å². The Morgan fingerprint density at radius 2 is 1.24 bits per heavy atom. The maximum Gasteiger partial charge on any atom is 0.0701 e. The first-order chi connectivity index (χ1) is 10.3. The topological polar surface area (TPSA) is 24.9 Å². The first-order valence-corrected chi connectivity index (χ1v) is 8.89. The molecule has 21 heavy (non-hydrogen) atoms. The van der Waals surface area contributed by atoms with Gasteiger partial charge in [0.05, 0.1) is 26.4 Å². The van der Waals surface area contributed by atoms with Gasteiger partial charge in [0.25, 0.3) is 0 Å². The smallest absolute Gasteiger partial charge is 0.0701 e. The van der Waals surface area contributed by atoms with E-state index in [0.29, 0.717) is 0 Å². The summed E-state index contributed by atoms with van der Waals surface area (Å²) in [7, 11) is 2.19. The van der Waals surface area contributed by atoms with Crippen LogP contribution in [-0.2, 0) is 9.47 Å². The Kier molecular flexibility index (Phi) is 12.1. The lowest BCUT2D eigenvalue weighted by Gasteiger charge is -2.20. The van der Waals surface area contributed by atoms with Crippen molar-refractivity contribution in [3.05, 3.63) is 0 Å². The van der Waals surface area contributed by atoms with Crippen LogP contribution < -0.4 is 0 Å². The molecule has 1 saturated heterocycles. The number of ether oxygens (including phenoxy) is 2. The molecule has 0 aliphatic carbocycles. The molecule has 1 heterocycles. The van der Waals surface area contributed by atoms with Gasteiger partial charge in [-0.25, -0.2) is 0 Å². The number of hydrogen-bond donors (Lipinski definition) is 0. The average Bonchev–Trinajstić information content (AvgIpc) is 2.49. The van der Waals surface area contributed by atoms with Crippen LogP contribution in [0, 0.1) is 0 Å². The molecule has 0 aromatic rings. The van der Waals surface area contributed by atoms with Crippen LogP contribution in [0.3, 0.4) is 0 Å². The minimum absolute atomic E-state index is 0.722. The highest BCUT2D eigenvalue weighted by Crippen LogP contribution is 2.07. The molecule has 1 rings (SSSR count). The maximum absolute atomic E-state index is 5.66. The molecule has 0 amide bonds. The quantitative estimate of drug-likeness (QED) is 0.743. The van der Waals surface area contributed by atoms with Gasteiger partial charge in [0, 0.05) is 13.1 Å². The minimum atomic E-state index is 0.722. The number of hydrogen-bond acceptors (Lipinski definition) is 4. The van der Waals surface area contributed by atoms with Gasteiger partial charge in [-0.2, -0.15) is 0 Å². The van der Waals surface area contributed by atoms with E-state index in [1.54, 1.807) is 0 Å². The highest BCUT2D eigenvalue weighted by atomic mass is 16.5. The lowest BCUT2D eigenvalue weighted by Crippen LogP contribution is -2.29. The summed E-state index contributed by atoms with van der Waals surface area (Å²) in [6.45, 7) is 11.0. The highest BCUT2D eigenvalue weighted by molar-refractivity contribution is 4.57. The molecule has 0 aromatic carbocycles. The van der Waals surface area contributed by atoms with E-state index in [-0.39, 0.29) is 0 Å². The molecule has 4 heteroatoms. The molecular weight excluding hydrogens is 264 g/mol. The highest BCUT2D eigenvalue weighted by Gasteiger charge is 2.03. The summed E-state index contributed by atoms with van der Waals surface area (Å²) < 4.78 is 11.3. The molecule has 0 unspecified atom stereocenters. The van der Waals surface area contributed by atoms with Gasteiger partial charge in [0.2, 0.25) is 0 Å². The monoisotopic (exact) mass is 300 g/mol. The van der Waals surface area contributed by atoms with Crippen molar-refractivity contribution in [2.24, 2.45) is 0 Å². The van der Waals surface area contributed by atoms with E-state index in [4.69, 9.17) is 9.47 Å². The SMILES string of the molecule is CCN1CCCCCCCCN(C)CCOCCOCC1. The molecule has 1 aliphatic rings. The van der Waals surface area contributed by atoms with E-state index in [9.17, 15) is 0 Å². The first kappa shape index (κ1) is 18.9. The molecule has 1 fully saturated rings. The summed E-state index contributed by atoms with van der Waals surface area (Å²) in [5, 5.41) is 0. The van der Waals surface area contributed by atoms with E-state index in [0.717, 1.165) is 46.1 Å². The van der Waals surface area contributed by atoms with Crippen LogP contribution in [0.4, 0.5) is 0 Å². The van der Waals surface area contributed by atoms with Crippen LogP contribution in [0.25, 0.3) is 0 Å². The Bertz CT molecular complexity index is 207. The first-order valence-electron chi connectivity index (χ1n) is 8.89. The normalized spacial score (nSPS) is 24.3. The van der Waals surface area contributed by atoms with Gasteiger partial charge >= 0.3 is 0 Å². The van der Waals surface area contributed by atoms with Gasteiger partial charge in [0.1, 0.15) is 0 Å². The van der Waals surface area contributed by atoms with Crippen molar-refractivity contribution >= 4 is 0 Å². The molecule has 0 spiro atoms. The summed E-state index contributed by atoms with van der Waals surface area (Å²) in [5.41, 5.74) is 0. The maximum atomic E-state index is 5.66. The zero-order chi connectivity index (χ0) is 15.2. The van der Waals surface area contributed by atoms with Gasteiger partial charge < -0.3 is 19.3 Å². The van der Waals surface area contributed by atoms with Crippen LogP contribution >= 0.6 is 0 Å². The zero-order valence-electron chi connectivity index (χ0n) is 14.3. The second-order valence-corrected chi connectivity index (χ2v) is 6.08. The van der Waals surface area contributed by atoms with Gasteiger partial charge in [-0.1, -0.05) is 32.6 Å². The lowest BCUT2D eigenvalue weighted by molar-refractivity contribution is 0.0331. The Hall–Kier alpha value is -0.160. The summed E-state index contributed by atoms with van der Waals surface area (Å²) in [5.74, 6) is 0. The molecule has 0 saturated carbocycles. The predicted molar refractivity (Wildman–Crippen MR) is 89.0 cm³/mol. The Balaban J connectivity index is 2.20. The van der Waals surface area contributed by atoms with Gasteiger partial charge in [-0.3, -0.25) is 0 Å². The Morgan fingerprint density at radius 3 is 1.90 bits per heavy atom. The average molecular weight is 300 g/mol. The van der Waals surface area contributed by atoms with Gasteiger partial charge in [-0.15, -0.1) is 0 Å². The third-order valence-corrected chi connectivity index (χ3v) is 4.25. The molecule has 0 atom stereocenters. The summed E-state index contributed by atoms with van der Waals surface area (Å²) >= 11 is 0. The zero-order valence-corrected chi connectivity index (χ0v) is 14.3. The van der Waals surface area contributed by atoms with Crippen LogP contribution in [0.2, 0.25) is 0 Å². The summed E-state index contributed by atoms with van der Waals surface area (Å²) in [4.78, 5) is 4.88.